The highest BCUT2D eigenvalue weighted by atomic mass is 79.9. The summed E-state index contributed by atoms with van der Waals surface area (Å²) >= 11 is 17.6. The van der Waals surface area contributed by atoms with Crippen molar-refractivity contribution in [1.29, 1.82) is 0 Å². The standard InChI is InChI=1S/C17H14Br2ClN3O3S/c1-9-5-11(18)7-13(19)15(9)26-8-14(24)22-23-17(27)21-16(25)10-3-2-4-12(20)6-10/h2-7H,8H2,1H3,(H,22,24)(H2,21,23,25,27). The van der Waals surface area contributed by atoms with Crippen molar-refractivity contribution in [1.82, 2.24) is 16.2 Å². The van der Waals surface area contributed by atoms with Gasteiger partial charge in [-0.2, -0.15) is 0 Å². The van der Waals surface area contributed by atoms with Crippen LogP contribution in [0, 0.1) is 6.92 Å². The van der Waals surface area contributed by atoms with Gasteiger partial charge in [0.25, 0.3) is 11.8 Å². The highest BCUT2D eigenvalue weighted by Gasteiger charge is 2.11. The zero-order valence-electron chi connectivity index (χ0n) is 13.9. The Kier molecular flexibility index (Phi) is 8.03. The third-order valence-electron chi connectivity index (χ3n) is 3.17. The minimum absolute atomic E-state index is 0.0608. The van der Waals surface area contributed by atoms with E-state index in [0.717, 1.165) is 14.5 Å². The van der Waals surface area contributed by atoms with E-state index in [4.69, 9.17) is 28.6 Å². The highest BCUT2D eigenvalue weighted by molar-refractivity contribution is 9.11. The van der Waals surface area contributed by atoms with Crippen LogP contribution in [0.25, 0.3) is 0 Å². The van der Waals surface area contributed by atoms with Crippen molar-refractivity contribution in [2.24, 2.45) is 0 Å². The number of nitrogens with one attached hydrogen (secondary N) is 3. The van der Waals surface area contributed by atoms with Crippen molar-refractivity contribution in [3.63, 3.8) is 0 Å². The Morgan fingerprint density at radius 2 is 1.93 bits per heavy atom. The molecule has 0 aliphatic heterocycles. The number of carbonyl (C=O) groups is 2. The Hall–Kier alpha value is -1.68. The first kappa shape index (κ1) is 21.6. The third kappa shape index (κ3) is 6.76. The van der Waals surface area contributed by atoms with Crippen LogP contribution in [0.3, 0.4) is 0 Å². The topological polar surface area (TPSA) is 79.5 Å². The van der Waals surface area contributed by atoms with Gasteiger partial charge in [-0.25, -0.2) is 0 Å². The molecule has 0 spiro atoms. The van der Waals surface area contributed by atoms with Crippen LogP contribution >= 0.6 is 55.7 Å². The largest absolute Gasteiger partial charge is 0.482 e. The SMILES string of the molecule is Cc1cc(Br)cc(Br)c1OCC(=O)NNC(=S)NC(=O)c1cccc(Cl)c1. The second-order valence-electron chi connectivity index (χ2n) is 5.29. The van der Waals surface area contributed by atoms with E-state index in [9.17, 15) is 9.59 Å². The van der Waals surface area contributed by atoms with Crippen LogP contribution in [0.2, 0.25) is 5.02 Å². The van der Waals surface area contributed by atoms with Crippen LogP contribution in [0.5, 0.6) is 5.75 Å². The summed E-state index contributed by atoms with van der Waals surface area (Å²) in [4.78, 5) is 23.9. The molecule has 142 valence electrons. The van der Waals surface area contributed by atoms with E-state index in [2.05, 4.69) is 48.0 Å². The van der Waals surface area contributed by atoms with Crippen molar-refractivity contribution >= 4 is 72.6 Å². The molecule has 0 aromatic heterocycles. The lowest BCUT2D eigenvalue weighted by Gasteiger charge is -2.13. The quantitative estimate of drug-likeness (QED) is 0.409. The summed E-state index contributed by atoms with van der Waals surface area (Å²) < 4.78 is 7.13. The van der Waals surface area contributed by atoms with Gasteiger partial charge in [-0.1, -0.05) is 33.6 Å². The minimum atomic E-state index is -0.469. The lowest BCUT2D eigenvalue weighted by molar-refractivity contribution is -0.123. The van der Waals surface area contributed by atoms with E-state index in [1.165, 1.54) is 6.07 Å². The molecule has 2 aromatic carbocycles. The molecule has 0 radical (unpaired) electrons. The average Bonchev–Trinajstić information content (AvgIpc) is 2.59. The molecule has 0 saturated carbocycles. The molecule has 27 heavy (non-hydrogen) atoms. The Labute approximate surface area is 183 Å². The van der Waals surface area contributed by atoms with Crippen molar-refractivity contribution in [2.45, 2.75) is 6.92 Å². The van der Waals surface area contributed by atoms with E-state index >= 15 is 0 Å². The van der Waals surface area contributed by atoms with Gasteiger partial charge in [-0.3, -0.25) is 25.8 Å². The summed E-state index contributed by atoms with van der Waals surface area (Å²) in [5.41, 5.74) is 6.00. The number of rotatable bonds is 4. The van der Waals surface area contributed by atoms with Crippen molar-refractivity contribution < 1.29 is 14.3 Å². The number of aryl methyl sites for hydroxylation is 1. The van der Waals surface area contributed by atoms with E-state index in [-0.39, 0.29) is 11.7 Å². The number of thiocarbonyl (C=S) groups is 1. The molecule has 2 rings (SSSR count). The predicted molar refractivity (Wildman–Crippen MR) is 115 cm³/mol. The molecular weight excluding hydrogens is 522 g/mol. The monoisotopic (exact) mass is 533 g/mol. The Morgan fingerprint density at radius 1 is 1.19 bits per heavy atom. The number of halogens is 3. The first-order valence-electron chi connectivity index (χ1n) is 7.50. The normalized spacial score (nSPS) is 10.1. The van der Waals surface area contributed by atoms with Gasteiger partial charge < -0.3 is 4.74 Å². The molecule has 2 aromatic rings. The molecule has 3 N–H and O–H groups in total. The zero-order valence-corrected chi connectivity index (χ0v) is 18.7. The summed E-state index contributed by atoms with van der Waals surface area (Å²) in [5.74, 6) is -0.358. The molecule has 10 heteroatoms. The van der Waals surface area contributed by atoms with Crippen molar-refractivity contribution in [3.05, 3.63) is 61.5 Å². The number of hydrogen-bond donors (Lipinski definition) is 3. The molecule has 0 saturated heterocycles. The van der Waals surface area contributed by atoms with E-state index < -0.39 is 11.8 Å². The molecule has 0 fully saturated rings. The predicted octanol–water partition coefficient (Wildman–Crippen LogP) is 3.89. The Balaban J connectivity index is 1.80. The maximum Gasteiger partial charge on any atom is 0.276 e. The van der Waals surface area contributed by atoms with Crippen molar-refractivity contribution in [3.8, 4) is 5.75 Å². The van der Waals surface area contributed by atoms with Gasteiger partial charge in [0.1, 0.15) is 5.75 Å². The fourth-order valence-corrected chi connectivity index (χ4v) is 3.90. The molecule has 0 unspecified atom stereocenters. The fourth-order valence-electron chi connectivity index (χ4n) is 2.01. The average molecular weight is 536 g/mol. The second-order valence-corrected chi connectivity index (χ2v) is 7.90. The smallest absolute Gasteiger partial charge is 0.276 e. The lowest BCUT2D eigenvalue weighted by atomic mass is 10.2. The van der Waals surface area contributed by atoms with Crippen molar-refractivity contribution in [2.75, 3.05) is 6.61 Å². The first-order valence-corrected chi connectivity index (χ1v) is 9.87. The maximum atomic E-state index is 12.0. The molecular formula is C17H14Br2ClN3O3S. The molecule has 0 aliphatic carbocycles. The number of amides is 2. The number of hydrazine groups is 1. The van der Waals surface area contributed by atoms with Gasteiger partial charge in [0, 0.05) is 15.1 Å². The van der Waals surface area contributed by atoms with E-state index in [1.807, 2.05) is 19.1 Å². The Bertz CT molecular complexity index is 872. The van der Waals surface area contributed by atoms with Crippen LogP contribution in [-0.2, 0) is 4.79 Å². The van der Waals surface area contributed by atoms with Gasteiger partial charge in [-0.05, 0) is 71.0 Å². The van der Waals surface area contributed by atoms with E-state index in [0.29, 0.717) is 16.3 Å². The minimum Gasteiger partial charge on any atom is -0.482 e. The maximum absolute atomic E-state index is 12.0. The third-order valence-corrected chi connectivity index (χ3v) is 4.66. The summed E-state index contributed by atoms with van der Waals surface area (Å²) in [7, 11) is 0. The molecule has 2 amide bonds. The lowest BCUT2D eigenvalue weighted by Crippen LogP contribution is -2.49. The van der Waals surface area contributed by atoms with Crippen LogP contribution in [0.4, 0.5) is 0 Å². The van der Waals surface area contributed by atoms with E-state index in [1.54, 1.807) is 18.2 Å². The fraction of sp³-hybridized carbons (Fsp3) is 0.118. The zero-order chi connectivity index (χ0) is 20.0. The summed E-state index contributed by atoms with van der Waals surface area (Å²) in [5, 5.41) is 2.80. The number of carbonyl (C=O) groups excluding carboxylic acids is 2. The molecule has 0 bridgehead atoms. The first-order chi connectivity index (χ1) is 12.8. The van der Waals surface area contributed by atoms with Gasteiger partial charge in [0.2, 0.25) is 0 Å². The Morgan fingerprint density at radius 3 is 2.59 bits per heavy atom. The van der Waals surface area contributed by atoms with Gasteiger partial charge in [0.05, 0.1) is 4.47 Å². The van der Waals surface area contributed by atoms with Gasteiger partial charge in [-0.15, -0.1) is 0 Å². The molecule has 6 nitrogen and oxygen atoms in total. The van der Waals surface area contributed by atoms with Crippen LogP contribution in [0.1, 0.15) is 15.9 Å². The molecule has 0 heterocycles. The summed E-state index contributed by atoms with van der Waals surface area (Å²) in [6.45, 7) is 1.63. The van der Waals surface area contributed by atoms with Crippen LogP contribution < -0.4 is 20.9 Å². The number of hydrogen-bond acceptors (Lipinski definition) is 4. The van der Waals surface area contributed by atoms with Gasteiger partial charge >= 0.3 is 0 Å². The number of benzene rings is 2. The molecule has 0 aliphatic rings. The molecule has 0 atom stereocenters. The second kappa shape index (κ2) is 10.0. The highest BCUT2D eigenvalue weighted by Crippen LogP contribution is 2.32. The summed E-state index contributed by atoms with van der Waals surface area (Å²) in [6, 6.07) is 10.1. The number of ether oxygens (including phenoxy) is 1. The van der Waals surface area contributed by atoms with Crippen LogP contribution in [-0.4, -0.2) is 23.5 Å². The van der Waals surface area contributed by atoms with Crippen LogP contribution in [0.15, 0.2) is 45.3 Å². The summed E-state index contributed by atoms with van der Waals surface area (Å²) in [6.07, 6.45) is 0. The van der Waals surface area contributed by atoms with Gasteiger partial charge in [0.15, 0.2) is 11.7 Å².